The quantitative estimate of drug-likeness (QED) is 0.638. The van der Waals surface area contributed by atoms with Gasteiger partial charge in [0.05, 0.1) is 6.61 Å². The Morgan fingerprint density at radius 3 is 2.53 bits per heavy atom. The highest BCUT2D eigenvalue weighted by atomic mass is 32.2. The summed E-state index contributed by atoms with van der Waals surface area (Å²) in [7, 11) is -3.55. The van der Waals surface area contributed by atoms with Gasteiger partial charge < -0.3 is 4.74 Å². The van der Waals surface area contributed by atoms with Gasteiger partial charge in [-0.15, -0.1) is 0 Å². The van der Waals surface area contributed by atoms with Gasteiger partial charge in [-0.05, 0) is 26.2 Å². The smallest absolute Gasteiger partial charge is 0.321 e. The molecule has 1 N–H and O–H groups in total. The van der Waals surface area contributed by atoms with Gasteiger partial charge in [-0.25, -0.2) is 4.72 Å². The maximum atomic E-state index is 11.9. The van der Waals surface area contributed by atoms with E-state index >= 15 is 0 Å². The van der Waals surface area contributed by atoms with Crippen LogP contribution >= 0.6 is 0 Å². The molecule has 0 atom stereocenters. The van der Waals surface area contributed by atoms with E-state index in [0.717, 1.165) is 19.3 Å². The lowest BCUT2D eigenvalue weighted by atomic mass is 10.5. The number of rotatable bonds is 8. The number of hydrogen-bond acceptors (Lipinski definition) is 4. The second kappa shape index (κ2) is 6.32. The molecule has 0 saturated heterocycles. The molecule has 7 heteroatoms. The van der Waals surface area contributed by atoms with E-state index in [0.29, 0.717) is 6.54 Å². The Hall–Kier alpha value is -0.660. The van der Waals surface area contributed by atoms with Crippen LogP contribution in [0.4, 0.5) is 0 Å². The summed E-state index contributed by atoms with van der Waals surface area (Å²) < 4.78 is 32.3. The summed E-state index contributed by atoms with van der Waals surface area (Å²) in [5.74, 6) is -0.499. The second-order valence-corrected chi connectivity index (χ2v) is 5.69. The van der Waals surface area contributed by atoms with Gasteiger partial charge in [0.25, 0.3) is 10.2 Å². The Bertz CT molecular complexity index is 351. The Kier molecular flexibility index (Phi) is 5.35. The van der Waals surface area contributed by atoms with Crippen molar-refractivity contribution in [2.45, 2.75) is 39.2 Å². The minimum Gasteiger partial charge on any atom is -0.465 e. The zero-order valence-corrected chi connectivity index (χ0v) is 11.1. The molecular weight excluding hydrogens is 244 g/mol. The predicted molar refractivity (Wildman–Crippen MR) is 63.6 cm³/mol. The minimum atomic E-state index is -3.55. The van der Waals surface area contributed by atoms with Gasteiger partial charge in [0, 0.05) is 12.6 Å². The summed E-state index contributed by atoms with van der Waals surface area (Å²) in [5.41, 5.74) is 0. The fraction of sp³-hybridized carbons (Fsp3) is 0.900. The zero-order chi connectivity index (χ0) is 12.9. The van der Waals surface area contributed by atoms with Crippen molar-refractivity contribution >= 4 is 16.2 Å². The van der Waals surface area contributed by atoms with E-state index in [1.54, 1.807) is 6.92 Å². The third-order valence-electron chi connectivity index (χ3n) is 2.39. The van der Waals surface area contributed by atoms with Crippen LogP contribution in [0.25, 0.3) is 0 Å². The molecule has 0 amide bonds. The van der Waals surface area contributed by atoms with Gasteiger partial charge in [-0.1, -0.05) is 6.92 Å². The van der Waals surface area contributed by atoms with Crippen LogP contribution in [0, 0.1) is 0 Å². The van der Waals surface area contributed by atoms with Gasteiger partial charge in [0.2, 0.25) is 0 Å². The maximum Gasteiger partial charge on any atom is 0.321 e. The van der Waals surface area contributed by atoms with Crippen LogP contribution in [-0.4, -0.2) is 44.4 Å². The van der Waals surface area contributed by atoms with Gasteiger partial charge >= 0.3 is 5.97 Å². The van der Waals surface area contributed by atoms with Gasteiger partial charge in [0.1, 0.15) is 6.54 Å². The third-order valence-corrected chi connectivity index (χ3v) is 4.00. The number of nitrogens with one attached hydrogen (secondary N) is 1. The largest absolute Gasteiger partial charge is 0.465 e. The summed E-state index contributed by atoms with van der Waals surface area (Å²) in [5, 5.41) is 0. The van der Waals surface area contributed by atoms with Crippen molar-refractivity contribution in [1.29, 1.82) is 0 Å². The molecule has 0 radical (unpaired) electrons. The molecule has 0 spiro atoms. The molecule has 0 bridgehead atoms. The first-order valence-corrected chi connectivity index (χ1v) is 7.37. The third kappa shape index (κ3) is 4.61. The Balaban J connectivity index is 2.61. The molecule has 0 unspecified atom stereocenters. The summed E-state index contributed by atoms with van der Waals surface area (Å²) in [6, 6.07) is -0.0474. The molecule has 1 fully saturated rings. The van der Waals surface area contributed by atoms with Crippen LogP contribution in [0.5, 0.6) is 0 Å². The number of hydrogen-bond donors (Lipinski definition) is 1. The van der Waals surface area contributed by atoms with Gasteiger partial charge in [-0.3, -0.25) is 4.79 Å². The van der Waals surface area contributed by atoms with E-state index in [1.165, 1.54) is 4.31 Å². The molecule has 1 rings (SSSR count). The Morgan fingerprint density at radius 1 is 1.41 bits per heavy atom. The van der Waals surface area contributed by atoms with Crippen LogP contribution in [0.3, 0.4) is 0 Å². The molecule has 100 valence electrons. The number of nitrogens with zero attached hydrogens (tertiary/aromatic N) is 1. The normalized spacial score (nSPS) is 16.2. The van der Waals surface area contributed by atoms with Crippen molar-refractivity contribution in [3.63, 3.8) is 0 Å². The lowest BCUT2D eigenvalue weighted by Crippen LogP contribution is -2.45. The standard InChI is InChI=1S/C10H20N2O4S/c1-3-7-11-17(14,15)12(9-5-6-9)8-10(13)16-4-2/h9,11H,3-8H2,1-2H3. The fourth-order valence-corrected chi connectivity index (χ4v) is 2.93. The highest BCUT2D eigenvalue weighted by Crippen LogP contribution is 2.28. The molecule has 0 aromatic rings. The molecular formula is C10H20N2O4S. The van der Waals surface area contributed by atoms with Crippen LogP contribution in [0.1, 0.15) is 33.1 Å². The van der Waals surface area contributed by atoms with Crippen molar-refractivity contribution in [2.24, 2.45) is 0 Å². The van der Waals surface area contributed by atoms with Crippen molar-refractivity contribution in [2.75, 3.05) is 19.7 Å². The minimum absolute atomic E-state index is 0.0474. The highest BCUT2D eigenvalue weighted by Gasteiger charge is 2.38. The number of carbonyl (C=O) groups is 1. The summed E-state index contributed by atoms with van der Waals surface area (Å²) >= 11 is 0. The number of carbonyl (C=O) groups excluding carboxylic acids is 1. The number of ether oxygens (including phenoxy) is 1. The first-order valence-electron chi connectivity index (χ1n) is 5.93. The molecule has 0 aliphatic heterocycles. The van der Waals surface area contributed by atoms with Crippen LogP contribution < -0.4 is 4.72 Å². The van der Waals surface area contributed by atoms with E-state index in [-0.39, 0.29) is 19.2 Å². The average molecular weight is 264 g/mol. The summed E-state index contributed by atoms with van der Waals surface area (Å²) in [6.45, 7) is 4.03. The topological polar surface area (TPSA) is 75.7 Å². The molecule has 0 heterocycles. The van der Waals surface area contributed by atoms with Crippen molar-refractivity contribution in [3.8, 4) is 0 Å². The van der Waals surface area contributed by atoms with Crippen molar-refractivity contribution in [3.05, 3.63) is 0 Å². The molecule has 17 heavy (non-hydrogen) atoms. The second-order valence-electron chi connectivity index (χ2n) is 3.98. The van der Waals surface area contributed by atoms with Crippen LogP contribution in [-0.2, 0) is 19.7 Å². The predicted octanol–water partition coefficient (Wildman–Crippen LogP) is 0.258. The first kappa shape index (κ1) is 14.4. The van der Waals surface area contributed by atoms with E-state index in [9.17, 15) is 13.2 Å². The molecule has 0 aromatic carbocycles. The molecule has 1 aliphatic rings. The first-order chi connectivity index (χ1) is 8.01. The lowest BCUT2D eigenvalue weighted by molar-refractivity contribution is -0.143. The van der Waals surface area contributed by atoms with E-state index < -0.39 is 16.2 Å². The molecule has 1 aliphatic carbocycles. The van der Waals surface area contributed by atoms with E-state index in [1.807, 2.05) is 6.92 Å². The van der Waals surface area contributed by atoms with E-state index in [4.69, 9.17) is 4.74 Å². The highest BCUT2D eigenvalue weighted by molar-refractivity contribution is 7.87. The monoisotopic (exact) mass is 264 g/mol. The summed E-state index contributed by atoms with van der Waals surface area (Å²) in [6.07, 6.45) is 2.34. The fourth-order valence-electron chi connectivity index (χ4n) is 1.42. The van der Waals surface area contributed by atoms with Crippen LogP contribution in [0.15, 0.2) is 0 Å². The van der Waals surface area contributed by atoms with Gasteiger partial charge in [0.15, 0.2) is 0 Å². The summed E-state index contributed by atoms with van der Waals surface area (Å²) in [4.78, 5) is 11.4. The molecule has 0 aromatic heterocycles. The number of esters is 1. The SMILES string of the molecule is CCCNS(=O)(=O)N(CC(=O)OCC)C1CC1. The Morgan fingerprint density at radius 2 is 2.06 bits per heavy atom. The van der Waals surface area contributed by atoms with Crippen LogP contribution in [0.2, 0.25) is 0 Å². The van der Waals surface area contributed by atoms with Crippen molar-refractivity contribution in [1.82, 2.24) is 9.03 Å². The van der Waals surface area contributed by atoms with Gasteiger partial charge in [-0.2, -0.15) is 12.7 Å². The molecule has 1 saturated carbocycles. The zero-order valence-electron chi connectivity index (χ0n) is 10.3. The lowest BCUT2D eigenvalue weighted by Gasteiger charge is -2.20. The average Bonchev–Trinajstić information content (AvgIpc) is 3.07. The Labute approximate surface area is 102 Å². The van der Waals surface area contributed by atoms with E-state index in [2.05, 4.69) is 4.72 Å². The van der Waals surface area contributed by atoms with Crippen molar-refractivity contribution < 1.29 is 17.9 Å². The molecule has 6 nitrogen and oxygen atoms in total. The maximum absolute atomic E-state index is 11.9.